The number of carbonyl (C=O) groups is 1. The van der Waals surface area contributed by atoms with Gasteiger partial charge in [-0.2, -0.15) is 5.26 Å². The van der Waals surface area contributed by atoms with Crippen molar-refractivity contribution in [3.05, 3.63) is 52.6 Å². The highest BCUT2D eigenvalue weighted by atomic mass is 35.5. The first kappa shape index (κ1) is 91.6. The molecule has 3 aromatic rings. The summed E-state index contributed by atoms with van der Waals surface area (Å²) in [7, 11) is 148. The van der Waals surface area contributed by atoms with Crippen molar-refractivity contribution in [3.63, 3.8) is 0 Å². The van der Waals surface area contributed by atoms with Gasteiger partial charge < -0.3 is 21.7 Å². The van der Waals surface area contributed by atoms with Gasteiger partial charge in [-0.05, 0) is 253 Å². The SMILES string of the molecule is CC(C)[C@@H](C#N)Nc1ccnc(Cl)n1.CC(C)[C@@H]1N(c2ccnc(Cl)n2)C(=O)NC12CC2.CC(C)[C@H](Nc1ccnc(Cl)n1)C1(N)CC1.[B]B([B])B(B([B])[B])B(B(B([B])[B])B([B])[B])B(B([B])[B])B([B])B([B])[BH3-].[B]B([B])B([B])B(B([B])[B])B(B(B([B])[B])B([B])[B])B(B([B])[B])B([B])[B]. The molecule has 2 aliphatic carbocycles. The average Bonchev–Trinajstić information content (AvgIpc) is 1.56. The maximum absolute atomic E-state index is 12.2. The van der Waals surface area contributed by atoms with E-state index in [0.717, 1.165) is 31.5 Å². The molecule has 1 aliphatic heterocycles. The highest BCUT2D eigenvalue weighted by Crippen LogP contribution is 2.48. The summed E-state index contributed by atoms with van der Waals surface area (Å²) in [6, 6.07) is 7.40. The predicted molar refractivity (Wildman–Crippen MR) is 469 cm³/mol. The number of aromatic nitrogens is 6. The summed E-state index contributed by atoms with van der Waals surface area (Å²) >= 11 is 17.2. The number of nitrogens with one attached hydrogen (secondary N) is 3. The Bertz CT molecular complexity index is 2670. The Labute approximate surface area is 634 Å². The minimum absolute atomic E-state index is 0.0529. The molecule has 96 heavy (non-hydrogen) atoms. The van der Waals surface area contributed by atoms with Gasteiger partial charge in [-0.25, -0.2) is 34.7 Å². The minimum atomic E-state index is -0.973. The maximum Gasteiger partial charge on any atom is 0.323 e. The number of nitrogens with zero attached hydrogens (tertiary/aromatic N) is 8. The van der Waals surface area contributed by atoms with E-state index in [1.165, 1.54) is 0 Å². The fourth-order valence-corrected chi connectivity index (χ4v) is 12.8. The summed E-state index contributed by atoms with van der Waals surface area (Å²) in [4.78, 5) is 37.6. The molecule has 6 rings (SSSR count). The molecule has 406 valence electrons. The van der Waals surface area contributed by atoms with Crippen molar-refractivity contribution in [1.29, 1.82) is 5.26 Å². The first-order valence-corrected chi connectivity index (χ1v) is 32.1. The molecule has 4 heterocycles. The van der Waals surface area contributed by atoms with Crippen LogP contribution in [0.1, 0.15) is 67.2 Å². The molecule has 50 radical (unpaired) electrons. The van der Waals surface area contributed by atoms with E-state index in [9.17, 15) is 4.79 Å². The minimum Gasteiger partial charge on any atom is -0.365 e. The van der Waals surface area contributed by atoms with Crippen LogP contribution < -0.4 is 26.6 Å². The number of hydrogen-bond donors (Lipinski definition) is 4. The van der Waals surface area contributed by atoms with Crippen LogP contribution in [-0.2, 0) is 0 Å². The quantitative estimate of drug-likeness (QED) is 0.0383. The van der Waals surface area contributed by atoms with Crippen LogP contribution in [0.3, 0.4) is 0 Å². The molecule has 13 nitrogen and oxygen atoms in total. The van der Waals surface area contributed by atoms with Gasteiger partial charge in [0.05, 0.1) is 17.6 Å². The van der Waals surface area contributed by atoms with E-state index in [1.54, 1.807) is 35.6 Å². The Morgan fingerprint density at radius 3 is 1.14 bits per heavy atom. The van der Waals surface area contributed by atoms with Crippen molar-refractivity contribution in [2.45, 2.75) is 96.4 Å². The fraction of sp³-hybridized carbons (Fsp3) is 0.562. The van der Waals surface area contributed by atoms with E-state index < -0.39 is 134 Å². The van der Waals surface area contributed by atoms with Crippen LogP contribution in [0.25, 0.3) is 0 Å². The molecule has 0 bridgehead atoms. The van der Waals surface area contributed by atoms with Gasteiger partial charge in [0.25, 0.3) is 0 Å². The lowest BCUT2D eigenvalue weighted by Crippen LogP contribution is -2.84. The largest absolute Gasteiger partial charge is 0.365 e. The third-order valence-electron chi connectivity index (χ3n) is 17.1. The summed E-state index contributed by atoms with van der Waals surface area (Å²) in [5.74, 6) is 2.94. The molecule has 3 aromatic heterocycles. The highest BCUT2D eigenvalue weighted by Gasteiger charge is 2.61. The molecule has 1 spiro atoms. The number of nitrogens with two attached hydrogens (primary N) is 1. The Balaban J connectivity index is 0.000000413. The van der Waals surface area contributed by atoms with E-state index in [1.807, 2.05) is 19.9 Å². The van der Waals surface area contributed by atoms with Gasteiger partial charge in [0.15, 0.2) is 0 Å². The summed E-state index contributed by atoms with van der Waals surface area (Å²) in [5.41, 5.74) is 6.11. The number of halogens is 3. The van der Waals surface area contributed by atoms with Crippen molar-refractivity contribution in [2.75, 3.05) is 15.5 Å². The van der Waals surface area contributed by atoms with E-state index in [4.69, 9.17) is 239 Å². The third-order valence-corrected chi connectivity index (χ3v) is 17.7. The molecule has 2 saturated carbocycles. The first-order valence-electron chi connectivity index (χ1n) is 31.0. The second-order valence-corrected chi connectivity index (χ2v) is 26.7. The summed E-state index contributed by atoms with van der Waals surface area (Å²) in [6.45, 7) is 12.5. The number of nitriles is 1. The summed E-state index contributed by atoms with van der Waals surface area (Å²) < 4.78 is 0. The Hall–Kier alpha value is -0.453. The van der Waals surface area contributed by atoms with Crippen LogP contribution >= 0.6 is 34.8 Å². The normalized spacial score (nSPS) is 14.4. The first-order chi connectivity index (χ1) is 44.4. The van der Waals surface area contributed by atoms with Gasteiger partial charge in [0, 0.05) is 201 Å². The molecule has 3 aliphatic rings. The van der Waals surface area contributed by atoms with Crippen molar-refractivity contribution >= 4 is 400 Å². The maximum atomic E-state index is 12.2. The van der Waals surface area contributed by atoms with E-state index in [2.05, 4.69) is 79.6 Å². The van der Waals surface area contributed by atoms with Crippen LogP contribution in [0.5, 0.6) is 0 Å². The Kier molecular flexibility index (Phi) is 40.6. The zero-order valence-corrected chi connectivity index (χ0v) is 57.4. The zero-order chi connectivity index (χ0) is 73.9. The second kappa shape index (κ2) is 42.5. The number of amides is 2. The van der Waals surface area contributed by atoms with Crippen LogP contribution in [0.2, 0.25) is 15.9 Å². The summed E-state index contributed by atoms with van der Waals surface area (Å²) in [5, 5.41) is 18.9. The number of carbonyl (C=O) groups excluding carboxylic acids is 1. The molecule has 1 saturated heterocycles. The van der Waals surface area contributed by atoms with Gasteiger partial charge in [0.1, 0.15) is 23.5 Å². The lowest BCUT2D eigenvalue weighted by molar-refractivity contribution is 0.250. The molecular weight excluding hydrogens is 1190 g/mol. The molecule has 5 N–H and O–H groups in total. The van der Waals surface area contributed by atoms with Crippen LogP contribution in [0.15, 0.2) is 36.8 Å². The van der Waals surface area contributed by atoms with Gasteiger partial charge in [-0.1, -0.05) is 49.3 Å². The van der Waals surface area contributed by atoms with E-state index in [0.29, 0.717) is 23.5 Å². The smallest absolute Gasteiger partial charge is 0.323 e. The van der Waals surface area contributed by atoms with Crippen molar-refractivity contribution in [3.8, 4) is 6.07 Å². The van der Waals surface area contributed by atoms with Crippen LogP contribution in [0, 0.1) is 29.1 Å². The van der Waals surface area contributed by atoms with Gasteiger partial charge in [-0.3, -0.25) is 4.90 Å². The number of anilines is 3. The molecule has 0 unspecified atom stereocenters. The van der Waals surface area contributed by atoms with Gasteiger partial charge in [0.2, 0.25) is 15.9 Å². The lowest BCUT2D eigenvalue weighted by atomic mass is 8.35. The number of urea groups is 1. The molecule has 0 aromatic carbocycles. The molecule has 64 heteroatoms. The van der Waals surface area contributed by atoms with Crippen LogP contribution in [-0.4, -0.2) is 407 Å². The second-order valence-electron chi connectivity index (χ2n) is 25.7. The molecule has 3 fully saturated rings. The zero-order valence-electron chi connectivity index (χ0n) is 55.1. The third kappa shape index (κ3) is 27.5. The lowest BCUT2D eigenvalue weighted by Gasteiger charge is -2.47. The predicted octanol–water partition coefficient (Wildman–Crippen LogP) is -12.7. The molecular formula is C32H46B48Cl3N12O-. The highest BCUT2D eigenvalue weighted by molar-refractivity contribution is 8.25. The standard InChI is InChI=1S/C12H15ClN4O.C11H17ClN4.C9H11ClN4.B24H3.B24/c1-7(2)9-12(4-5-12)16-11(18)17(9)8-3-6-14-10(13)15-8;1-7(2)9(11(13)4-5-11)15-8-3-6-14-10(12)16-8;1-6(2)7(5-11)13-8-3-4-12-9(10)14-8;2*1-14(2)20(13)23(19(11)12)24(21(15(3)4)16(5)6)22(17(7)8)18(9)10/h3,6-7,9H,4-5H2,1-2H3,(H,16,18);3,6-7,9H,4-5,13H2,1-2H3,(H,14,15,16);3-4,6-7H,1-2H3,(H,12,13,14);1H3;/q;;;-1;/t2*9-;7-;;/m001../s1. The molecule has 2 amide bonds. The number of rotatable bonds is 29. The topological polar surface area (TPSA) is 184 Å². The fourth-order valence-electron chi connectivity index (χ4n) is 12.4. The summed E-state index contributed by atoms with van der Waals surface area (Å²) in [6.07, 6.45) is -8.21. The van der Waals surface area contributed by atoms with E-state index >= 15 is 0 Å². The van der Waals surface area contributed by atoms with Crippen molar-refractivity contribution in [2.24, 2.45) is 23.5 Å². The monoisotopic (exact) mass is 1250 g/mol. The number of hydrogen-bond acceptors (Lipinski definition) is 11. The average molecular weight is 1240 g/mol. The van der Waals surface area contributed by atoms with E-state index in [-0.39, 0.29) is 71.1 Å². The molecule has 3 atom stereocenters. The van der Waals surface area contributed by atoms with Crippen molar-refractivity contribution in [1.82, 2.24) is 35.2 Å². The Morgan fingerprint density at radius 2 is 0.865 bits per heavy atom. The van der Waals surface area contributed by atoms with Crippen molar-refractivity contribution < 1.29 is 4.79 Å². The van der Waals surface area contributed by atoms with Gasteiger partial charge in [-0.15, -0.1) is 6.39 Å². The van der Waals surface area contributed by atoms with Gasteiger partial charge >= 0.3 is 6.03 Å². The Morgan fingerprint density at radius 1 is 0.521 bits per heavy atom. The van der Waals surface area contributed by atoms with Crippen LogP contribution in [0.4, 0.5) is 22.2 Å².